The topological polar surface area (TPSA) is 84.7 Å². The van der Waals surface area contributed by atoms with Gasteiger partial charge in [0.2, 0.25) is 0 Å². The fraction of sp³-hybridized carbons (Fsp3) is 0.455. The molecule has 1 heterocycles. The van der Waals surface area contributed by atoms with Gasteiger partial charge in [-0.05, 0) is 51.3 Å². The predicted octanol–water partition coefficient (Wildman–Crippen LogP) is 2.37. The molecule has 28 heavy (non-hydrogen) atoms. The van der Waals surface area contributed by atoms with Crippen molar-refractivity contribution in [2.24, 2.45) is 11.1 Å². The molecule has 1 aliphatic rings. The molecule has 2 rings (SSSR count). The molecule has 0 unspecified atom stereocenters. The summed E-state index contributed by atoms with van der Waals surface area (Å²) in [6.07, 6.45) is 5.71. The molecule has 6 heteroatoms. The molecule has 0 bridgehead atoms. The first kappa shape index (κ1) is 21.7. The number of ether oxygens (including phenoxy) is 1. The van der Waals surface area contributed by atoms with Crippen LogP contribution in [0.5, 0.6) is 0 Å². The number of esters is 1. The fourth-order valence-corrected chi connectivity index (χ4v) is 3.58. The van der Waals surface area contributed by atoms with Crippen LogP contribution >= 0.6 is 0 Å². The summed E-state index contributed by atoms with van der Waals surface area (Å²) in [6.45, 7) is 8.02. The maximum atomic E-state index is 12.8. The van der Waals surface area contributed by atoms with E-state index in [0.717, 1.165) is 38.8 Å². The number of carbonyl (C=O) groups is 2. The molecule has 0 saturated carbocycles. The van der Waals surface area contributed by atoms with Crippen LogP contribution in [0.4, 0.5) is 0 Å². The lowest BCUT2D eigenvalue weighted by atomic mass is 9.74. The fourth-order valence-electron chi connectivity index (χ4n) is 3.58. The second kappa shape index (κ2) is 10.7. The maximum absolute atomic E-state index is 12.8. The van der Waals surface area contributed by atoms with E-state index in [0.29, 0.717) is 18.7 Å². The third-order valence-corrected chi connectivity index (χ3v) is 5.30. The van der Waals surface area contributed by atoms with Crippen molar-refractivity contribution in [3.63, 3.8) is 0 Å². The van der Waals surface area contributed by atoms with E-state index in [1.54, 1.807) is 0 Å². The molecule has 3 N–H and O–H groups in total. The third-order valence-electron chi connectivity index (χ3n) is 5.30. The number of piperidine rings is 1. The van der Waals surface area contributed by atoms with Gasteiger partial charge >= 0.3 is 5.97 Å². The zero-order valence-electron chi connectivity index (χ0n) is 16.7. The van der Waals surface area contributed by atoms with Gasteiger partial charge in [0.05, 0.1) is 12.0 Å². The van der Waals surface area contributed by atoms with Crippen LogP contribution in [0.15, 0.2) is 54.9 Å². The van der Waals surface area contributed by atoms with Gasteiger partial charge in [-0.1, -0.05) is 36.9 Å². The summed E-state index contributed by atoms with van der Waals surface area (Å²) in [4.78, 5) is 26.9. The summed E-state index contributed by atoms with van der Waals surface area (Å²) < 4.78 is 5.41. The highest BCUT2D eigenvalue weighted by Crippen LogP contribution is 2.37. The largest absolute Gasteiger partial charge is 0.466 e. The minimum atomic E-state index is -0.464. The molecule has 6 nitrogen and oxygen atoms in total. The molecular formula is C22H31N3O3. The maximum Gasteiger partial charge on any atom is 0.312 e. The van der Waals surface area contributed by atoms with Crippen molar-refractivity contribution in [3.8, 4) is 0 Å². The zero-order valence-corrected chi connectivity index (χ0v) is 16.7. The molecular weight excluding hydrogens is 354 g/mol. The smallest absolute Gasteiger partial charge is 0.312 e. The quantitative estimate of drug-likeness (QED) is 0.504. The van der Waals surface area contributed by atoms with E-state index in [2.05, 4.69) is 28.9 Å². The van der Waals surface area contributed by atoms with Crippen molar-refractivity contribution in [2.45, 2.75) is 32.6 Å². The van der Waals surface area contributed by atoms with Crippen molar-refractivity contribution >= 4 is 11.9 Å². The van der Waals surface area contributed by atoms with E-state index in [4.69, 9.17) is 10.5 Å². The van der Waals surface area contributed by atoms with Gasteiger partial charge in [-0.2, -0.15) is 0 Å². The molecule has 0 aromatic heterocycles. The monoisotopic (exact) mass is 385 g/mol. The van der Waals surface area contributed by atoms with Crippen LogP contribution in [0.3, 0.4) is 0 Å². The molecule has 1 fully saturated rings. The van der Waals surface area contributed by atoms with Crippen molar-refractivity contribution in [2.75, 3.05) is 26.2 Å². The average Bonchev–Trinajstić information content (AvgIpc) is 2.72. The highest BCUT2D eigenvalue weighted by molar-refractivity contribution is 5.93. The van der Waals surface area contributed by atoms with Gasteiger partial charge in [-0.15, -0.1) is 0 Å². The zero-order chi connectivity index (χ0) is 20.4. The highest BCUT2D eigenvalue weighted by atomic mass is 16.5. The summed E-state index contributed by atoms with van der Waals surface area (Å²) in [6, 6.07) is 10.2. The normalized spacial score (nSPS) is 16.6. The molecule has 1 saturated heterocycles. The van der Waals surface area contributed by atoms with Crippen molar-refractivity contribution in [3.05, 3.63) is 60.4 Å². The first-order valence-electron chi connectivity index (χ1n) is 9.79. The van der Waals surface area contributed by atoms with E-state index < -0.39 is 5.41 Å². The number of amides is 1. The van der Waals surface area contributed by atoms with Crippen molar-refractivity contribution < 1.29 is 14.3 Å². The summed E-state index contributed by atoms with van der Waals surface area (Å²) in [5.41, 5.74) is 6.48. The molecule has 0 atom stereocenters. The Labute approximate surface area is 167 Å². The van der Waals surface area contributed by atoms with Gasteiger partial charge in [0.1, 0.15) is 0 Å². The summed E-state index contributed by atoms with van der Waals surface area (Å²) in [5.74, 6) is -0.344. The van der Waals surface area contributed by atoms with E-state index in [1.165, 1.54) is 18.0 Å². The van der Waals surface area contributed by atoms with Gasteiger partial charge in [0.15, 0.2) is 0 Å². The Balaban J connectivity index is 1.96. The van der Waals surface area contributed by atoms with Crippen LogP contribution in [0.1, 0.15) is 31.7 Å². The highest BCUT2D eigenvalue weighted by Gasteiger charge is 2.42. The number of nitrogens with zero attached hydrogens (tertiary/aromatic N) is 1. The molecule has 0 aliphatic carbocycles. The van der Waals surface area contributed by atoms with E-state index in [9.17, 15) is 9.59 Å². The number of likely N-dealkylation sites (tertiary alicyclic amines) is 1. The molecule has 1 aromatic rings. The van der Waals surface area contributed by atoms with Crippen LogP contribution in [0.25, 0.3) is 0 Å². The van der Waals surface area contributed by atoms with Crippen molar-refractivity contribution in [1.82, 2.24) is 10.2 Å². The molecule has 1 amide bonds. The van der Waals surface area contributed by atoms with E-state index in [-0.39, 0.29) is 11.9 Å². The number of nitrogens with two attached hydrogens (primary N) is 1. The number of rotatable bonds is 9. The Morgan fingerprint density at radius 3 is 2.57 bits per heavy atom. The molecule has 152 valence electrons. The SMILES string of the molecule is C=C(CN1CCC(CCc2ccccc2)(C(=O)OCC)CC1)C(=O)N/C=C\N. The molecule has 0 spiro atoms. The van der Waals surface area contributed by atoms with Crippen LogP contribution in [0, 0.1) is 5.41 Å². The molecule has 1 aliphatic heterocycles. The van der Waals surface area contributed by atoms with Gasteiger partial charge in [0.25, 0.3) is 5.91 Å². The second-order valence-electron chi connectivity index (χ2n) is 7.20. The Bertz CT molecular complexity index is 692. The van der Waals surface area contributed by atoms with E-state index in [1.807, 2.05) is 25.1 Å². The van der Waals surface area contributed by atoms with Crippen LogP contribution < -0.4 is 11.1 Å². The summed E-state index contributed by atoms with van der Waals surface area (Å²) in [5, 5.41) is 2.57. The summed E-state index contributed by atoms with van der Waals surface area (Å²) in [7, 11) is 0. The lowest BCUT2D eigenvalue weighted by Crippen LogP contribution is -2.46. The molecule has 0 radical (unpaired) electrons. The lowest BCUT2D eigenvalue weighted by molar-refractivity contribution is -0.159. The lowest BCUT2D eigenvalue weighted by Gasteiger charge is -2.40. The Kier molecular flexibility index (Phi) is 8.26. The first-order valence-corrected chi connectivity index (χ1v) is 9.79. The number of hydrogen-bond donors (Lipinski definition) is 2. The van der Waals surface area contributed by atoms with Crippen LogP contribution in [0.2, 0.25) is 0 Å². The number of nitrogens with one attached hydrogen (secondary N) is 1. The summed E-state index contributed by atoms with van der Waals surface area (Å²) >= 11 is 0. The first-order chi connectivity index (χ1) is 13.5. The average molecular weight is 386 g/mol. The van der Waals surface area contributed by atoms with Crippen LogP contribution in [-0.4, -0.2) is 43.0 Å². The van der Waals surface area contributed by atoms with Gasteiger partial charge in [-0.25, -0.2) is 0 Å². The third kappa shape index (κ3) is 5.96. The predicted molar refractivity (Wildman–Crippen MR) is 110 cm³/mol. The number of benzene rings is 1. The van der Waals surface area contributed by atoms with Gasteiger partial charge in [-0.3, -0.25) is 14.5 Å². The standard InChI is InChI=1S/C22H31N3O3/c1-3-28-21(27)22(10-9-19-7-5-4-6-8-19)11-15-25(16-12-22)17-18(2)20(26)24-14-13-23/h4-8,13-14H,2-3,9-12,15-17,23H2,1H3,(H,24,26)/b14-13-. The minimum Gasteiger partial charge on any atom is -0.466 e. The molecule has 1 aromatic carbocycles. The number of hydrogen-bond acceptors (Lipinski definition) is 5. The van der Waals surface area contributed by atoms with Crippen molar-refractivity contribution in [1.29, 1.82) is 0 Å². The van der Waals surface area contributed by atoms with Gasteiger partial charge < -0.3 is 15.8 Å². The van der Waals surface area contributed by atoms with E-state index >= 15 is 0 Å². The van der Waals surface area contributed by atoms with Gasteiger partial charge in [0, 0.05) is 24.5 Å². The minimum absolute atomic E-state index is 0.102. The van der Waals surface area contributed by atoms with Crippen LogP contribution in [-0.2, 0) is 20.7 Å². The Morgan fingerprint density at radius 2 is 1.96 bits per heavy atom. The Hall–Kier alpha value is -2.60. The number of carbonyl (C=O) groups excluding carboxylic acids is 2. The Morgan fingerprint density at radius 1 is 1.29 bits per heavy atom. The second-order valence-corrected chi connectivity index (χ2v) is 7.20. The number of aryl methyl sites for hydroxylation is 1.